The van der Waals surface area contributed by atoms with E-state index in [-0.39, 0.29) is 11.8 Å². The molecule has 0 radical (unpaired) electrons. The summed E-state index contributed by atoms with van der Waals surface area (Å²) in [5.74, 6) is 0.851. The zero-order valence-corrected chi connectivity index (χ0v) is 10.7. The van der Waals surface area contributed by atoms with Crippen LogP contribution in [0.2, 0.25) is 0 Å². The average molecular weight is 248 g/mol. The van der Waals surface area contributed by atoms with Crippen LogP contribution in [0.15, 0.2) is 18.2 Å². The summed E-state index contributed by atoms with van der Waals surface area (Å²) < 4.78 is 5.56. The number of carbonyl (C=O) groups is 1. The number of carbonyl (C=O) groups excluding carboxylic acids is 1. The summed E-state index contributed by atoms with van der Waals surface area (Å²) in [5.41, 5.74) is 7.80. The van der Waals surface area contributed by atoms with Gasteiger partial charge in [0.2, 0.25) is 5.91 Å². The van der Waals surface area contributed by atoms with E-state index < -0.39 is 0 Å². The second-order valence-electron chi connectivity index (χ2n) is 4.75. The van der Waals surface area contributed by atoms with E-state index >= 15 is 0 Å². The molecule has 0 aromatic heterocycles. The molecule has 0 fully saturated rings. The van der Waals surface area contributed by atoms with Gasteiger partial charge in [0.05, 0.1) is 6.61 Å². The maximum atomic E-state index is 11.6. The van der Waals surface area contributed by atoms with E-state index in [4.69, 9.17) is 10.5 Å². The molecule has 0 saturated heterocycles. The summed E-state index contributed by atoms with van der Waals surface area (Å²) in [6.45, 7) is 3.56. The third-order valence-corrected chi connectivity index (χ3v) is 3.24. The van der Waals surface area contributed by atoms with Crippen LogP contribution in [0.25, 0.3) is 0 Å². The Bertz CT molecular complexity index is 432. The van der Waals surface area contributed by atoms with Gasteiger partial charge in [-0.15, -0.1) is 0 Å². The van der Waals surface area contributed by atoms with Gasteiger partial charge in [0.25, 0.3) is 0 Å². The van der Waals surface area contributed by atoms with Crippen LogP contribution in [0.4, 0.5) is 0 Å². The lowest BCUT2D eigenvalue weighted by molar-refractivity contribution is -0.124. The van der Waals surface area contributed by atoms with E-state index in [9.17, 15) is 4.79 Å². The lowest BCUT2D eigenvalue weighted by atomic mass is 10.0. The minimum absolute atomic E-state index is 0.00599. The number of nitrogens with one attached hydrogen (secondary N) is 1. The van der Waals surface area contributed by atoms with E-state index in [1.807, 2.05) is 19.1 Å². The van der Waals surface area contributed by atoms with Gasteiger partial charge in [-0.3, -0.25) is 4.79 Å². The van der Waals surface area contributed by atoms with Crippen LogP contribution in [0.5, 0.6) is 5.75 Å². The van der Waals surface area contributed by atoms with Crippen LogP contribution in [0, 0.1) is 5.92 Å². The van der Waals surface area contributed by atoms with Crippen LogP contribution in [-0.4, -0.2) is 19.1 Å². The smallest absolute Gasteiger partial charge is 0.224 e. The number of aryl methyl sites for hydroxylation is 1. The molecule has 0 bridgehead atoms. The molecule has 98 valence electrons. The Hall–Kier alpha value is -1.55. The number of hydrogen-bond acceptors (Lipinski definition) is 3. The highest BCUT2D eigenvalue weighted by atomic mass is 16.5. The van der Waals surface area contributed by atoms with Crippen molar-refractivity contribution < 1.29 is 9.53 Å². The molecule has 0 spiro atoms. The lowest BCUT2D eigenvalue weighted by Crippen LogP contribution is -2.32. The Morgan fingerprint density at radius 3 is 3.17 bits per heavy atom. The van der Waals surface area contributed by atoms with Gasteiger partial charge >= 0.3 is 0 Å². The molecule has 0 saturated carbocycles. The normalized spacial score (nSPS) is 15.4. The van der Waals surface area contributed by atoms with E-state index in [2.05, 4.69) is 11.4 Å². The Morgan fingerprint density at radius 1 is 1.56 bits per heavy atom. The Morgan fingerprint density at radius 2 is 2.39 bits per heavy atom. The van der Waals surface area contributed by atoms with Crippen molar-refractivity contribution in [3.05, 3.63) is 29.3 Å². The molecule has 1 aromatic carbocycles. The van der Waals surface area contributed by atoms with E-state index in [0.29, 0.717) is 13.1 Å². The third kappa shape index (κ3) is 3.01. The summed E-state index contributed by atoms with van der Waals surface area (Å²) in [4.78, 5) is 11.6. The zero-order valence-electron chi connectivity index (χ0n) is 10.7. The number of rotatable bonds is 4. The molecule has 1 aromatic rings. The molecule has 1 heterocycles. The largest absolute Gasteiger partial charge is 0.493 e. The number of nitrogens with two attached hydrogens (primary N) is 1. The molecule has 1 unspecified atom stereocenters. The van der Waals surface area contributed by atoms with Gasteiger partial charge in [-0.25, -0.2) is 0 Å². The van der Waals surface area contributed by atoms with E-state index in [1.165, 1.54) is 5.56 Å². The predicted molar refractivity (Wildman–Crippen MR) is 70.3 cm³/mol. The Labute approximate surface area is 108 Å². The molecule has 4 heteroatoms. The minimum Gasteiger partial charge on any atom is -0.493 e. The van der Waals surface area contributed by atoms with Crippen molar-refractivity contribution in [2.24, 2.45) is 11.7 Å². The summed E-state index contributed by atoms with van der Waals surface area (Å²) in [5, 5.41) is 2.90. The van der Waals surface area contributed by atoms with Gasteiger partial charge in [0, 0.05) is 19.0 Å². The molecule has 1 atom stereocenters. The first-order chi connectivity index (χ1) is 8.70. The number of benzene rings is 1. The van der Waals surface area contributed by atoms with Crippen molar-refractivity contribution in [2.75, 3.05) is 13.2 Å². The highest BCUT2D eigenvalue weighted by molar-refractivity contribution is 5.78. The quantitative estimate of drug-likeness (QED) is 0.842. The molecule has 4 nitrogen and oxygen atoms in total. The average Bonchev–Trinajstić information content (AvgIpc) is 2.43. The third-order valence-electron chi connectivity index (χ3n) is 3.24. The Kier molecular flexibility index (Phi) is 4.20. The summed E-state index contributed by atoms with van der Waals surface area (Å²) >= 11 is 0. The maximum Gasteiger partial charge on any atom is 0.224 e. The predicted octanol–water partition coefficient (Wildman–Crippen LogP) is 1.22. The van der Waals surface area contributed by atoms with E-state index in [1.54, 1.807) is 0 Å². The van der Waals surface area contributed by atoms with Crippen molar-refractivity contribution >= 4 is 5.91 Å². The molecule has 1 aliphatic heterocycles. The molecular formula is C14H20N2O2. The summed E-state index contributed by atoms with van der Waals surface area (Å²) in [6, 6.07) is 6.10. The first-order valence-corrected chi connectivity index (χ1v) is 6.43. The van der Waals surface area contributed by atoms with Crippen LogP contribution in [-0.2, 0) is 17.8 Å². The van der Waals surface area contributed by atoms with Crippen LogP contribution in [0.3, 0.4) is 0 Å². The summed E-state index contributed by atoms with van der Waals surface area (Å²) in [7, 11) is 0. The van der Waals surface area contributed by atoms with Crippen molar-refractivity contribution in [1.29, 1.82) is 0 Å². The molecular weight excluding hydrogens is 228 g/mol. The summed E-state index contributed by atoms with van der Waals surface area (Å²) in [6.07, 6.45) is 2.11. The standard InChI is InChI=1S/C14H20N2O2/c1-10(8-15)14(17)16-9-11-4-5-13-12(7-11)3-2-6-18-13/h4-5,7,10H,2-3,6,8-9,15H2,1H3,(H,16,17). The van der Waals surface area contributed by atoms with Gasteiger partial charge in [-0.1, -0.05) is 19.1 Å². The minimum atomic E-state index is -0.133. The fourth-order valence-corrected chi connectivity index (χ4v) is 1.99. The van der Waals surface area contributed by atoms with Gasteiger partial charge in [-0.2, -0.15) is 0 Å². The van der Waals surface area contributed by atoms with Gasteiger partial charge in [0.15, 0.2) is 0 Å². The number of ether oxygens (including phenoxy) is 1. The van der Waals surface area contributed by atoms with Gasteiger partial charge in [0.1, 0.15) is 5.75 Å². The fraction of sp³-hybridized carbons (Fsp3) is 0.500. The van der Waals surface area contributed by atoms with Gasteiger partial charge < -0.3 is 15.8 Å². The van der Waals surface area contributed by atoms with Gasteiger partial charge in [-0.05, 0) is 30.0 Å². The zero-order chi connectivity index (χ0) is 13.0. The van der Waals surface area contributed by atoms with Crippen molar-refractivity contribution in [1.82, 2.24) is 5.32 Å². The molecule has 1 amide bonds. The molecule has 1 aliphatic rings. The molecule has 3 N–H and O–H groups in total. The van der Waals surface area contributed by atoms with E-state index in [0.717, 1.165) is 30.8 Å². The highest BCUT2D eigenvalue weighted by Gasteiger charge is 2.12. The second-order valence-corrected chi connectivity index (χ2v) is 4.75. The first-order valence-electron chi connectivity index (χ1n) is 6.43. The SMILES string of the molecule is CC(CN)C(=O)NCc1ccc2c(c1)CCCO2. The molecule has 2 rings (SSSR count). The number of hydrogen-bond donors (Lipinski definition) is 2. The monoisotopic (exact) mass is 248 g/mol. The molecule has 18 heavy (non-hydrogen) atoms. The fourth-order valence-electron chi connectivity index (χ4n) is 1.99. The van der Waals surface area contributed by atoms with Crippen LogP contribution in [0.1, 0.15) is 24.5 Å². The maximum absolute atomic E-state index is 11.6. The topological polar surface area (TPSA) is 64.4 Å². The van der Waals surface area contributed by atoms with Crippen LogP contribution < -0.4 is 15.8 Å². The Balaban J connectivity index is 1.96. The van der Waals surface area contributed by atoms with Crippen molar-refractivity contribution in [3.63, 3.8) is 0 Å². The second kappa shape index (κ2) is 5.87. The van der Waals surface area contributed by atoms with Crippen molar-refractivity contribution in [2.45, 2.75) is 26.3 Å². The van der Waals surface area contributed by atoms with Crippen molar-refractivity contribution in [3.8, 4) is 5.75 Å². The number of fused-ring (bicyclic) bond motifs is 1. The molecule has 0 aliphatic carbocycles. The highest BCUT2D eigenvalue weighted by Crippen LogP contribution is 2.25. The first kappa shape index (κ1) is 12.9. The van der Waals surface area contributed by atoms with Crippen LogP contribution >= 0.6 is 0 Å². The lowest BCUT2D eigenvalue weighted by Gasteiger charge is -2.18. The number of amides is 1.